The first-order valence-corrected chi connectivity index (χ1v) is 8.11. The van der Waals surface area contributed by atoms with Gasteiger partial charge in [-0.15, -0.1) is 0 Å². The third kappa shape index (κ3) is 5.53. The van der Waals surface area contributed by atoms with Gasteiger partial charge in [0.15, 0.2) is 5.76 Å². The highest BCUT2D eigenvalue weighted by Gasteiger charge is 2.22. The van der Waals surface area contributed by atoms with Crippen LogP contribution in [0.15, 0.2) is 52.8 Å². The zero-order valence-corrected chi connectivity index (χ0v) is 14.7. The normalized spacial score (nSPS) is 12.5. The Balaban J connectivity index is 2.30. The second-order valence-electron chi connectivity index (χ2n) is 6.06. The van der Waals surface area contributed by atoms with E-state index in [9.17, 15) is 23.9 Å². The Morgan fingerprint density at radius 3 is 2.33 bits per heavy atom. The molecule has 2 N–H and O–H groups in total. The summed E-state index contributed by atoms with van der Waals surface area (Å²) < 4.78 is 18.0. The highest BCUT2D eigenvalue weighted by molar-refractivity contribution is 6.05. The van der Waals surface area contributed by atoms with Crippen molar-refractivity contribution in [3.05, 3.63) is 65.5 Å². The van der Waals surface area contributed by atoms with Gasteiger partial charge in [0, 0.05) is 0 Å². The molecule has 1 atom stereocenters. The first-order valence-electron chi connectivity index (χ1n) is 8.11. The largest absolute Gasteiger partial charge is 0.548 e. The van der Waals surface area contributed by atoms with Crippen molar-refractivity contribution in [2.24, 2.45) is 5.92 Å². The van der Waals surface area contributed by atoms with E-state index >= 15 is 0 Å². The van der Waals surface area contributed by atoms with Crippen LogP contribution in [0.4, 0.5) is 4.39 Å². The van der Waals surface area contributed by atoms with Crippen LogP contribution in [0.3, 0.4) is 0 Å². The van der Waals surface area contributed by atoms with Crippen molar-refractivity contribution in [2.45, 2.75) is 19.9 Å². The molecule has 7 nitrogen and oxygen atoms in total. The minimum absolute atomic E-state index is 0.0342. The molecule has 2 aromatic rings. The number of halogens is 1. The Morgan fingerprint density at radius 1 is 1.15 bits per heavy atom. The summed E-state index contributed by atoms with van der Waals surface area (Å²) in [4.78, 5) is 36.0. The lowest BCUT2D eigenvalue weighted by Crippen LogP contribution is -2.52. The molecule has 1 aromatic heterocycles. The van der Waals surface area contributed by atoms with E-state index in [4.69, 9.17) is 4.42 Å². The van der Waals surface area contributed by atoms with E-state index < -0.39 is 35.6 Å². The van der Waals surface area contributed by atoms with Crippen LogP contribution >= 0.6 is 0 Å². The van der Waals surface area contributed by atoms with Crippen molar-refractivity contribution < 1.29 is 28.3 Å². The predicted molar refractivity (Wildman–Crippen MR) is 92.3 cm³/mol. The van der Waals surface area contributed by atoms with Crippen LogP contribution in [0.5, 0.6) is 0 Å². The second kappa shape index (κ2) is 8.79. The van der Waals surface area contributed by atoms with Gasteiger partial charge in [-0.25, -0.2) is 4.39 Å². The van der Waals surface area contributed by atoms with Gasteiger partial charge in [0.1, 0.15) is 11.5 Å². The molecule has 0 spiro atoms. The van der Waals surface area contributed by atoms with E-state index in [1.165, 1.54) is 48.7 Å². The molecule has 142 valence electrons. The standard InChI is InChI=1S/C19H19FN2O5/c1-11(2)16(19(25)26)22-17(23)14(10-12-5-7-13(20)8-6-12)21-18(24)15-4-3-9-27-15/h3-11,16H,1-2H3,(H,21,24)(H,22,23)(H,25,26)/p-1/b14-10-/t16-/m0/s1. The summed E-state index contributed by atoms with van der Waals surface area (Å²) >= 11 is 0. The Bertz CT molecular complexity index is 841. The number of carboxylic acids is 1. The minimum atomic E-state index is -1.45. The van der Waals surface area contributed by atoms with Gasteiger partial charge in [0.2, 0.25) is 0 Å². The Morgan fingerprint density at radius 2 is 1.81 bits per heavy atom. The zero-order valence-electron chi connectivity index (χ0n) is 14.7. The quantitative estimate of drug-likeness (QED) is 0.706. The highest BCUT2D eigenvalue weighted by Crippen LogP contribution is 2.10. The van der Waals surface area contributed by atoms with Crippen LogP contribution in [0.1, 0.15) is 30.0 Å². The van der Waals surface area contributed by atoms with E-state index in [2.05, 4.69) is 10.6 Å². The van der Waals surface area contributed by atoms with Crippen LogP contribution in [-0.2, 0) is 9.59 Å². The summed E-state index contributed by atoms with van der Waals surface area (Å²) in [5, 5.41) is 15.9. The lowest BCUT2D eigenvalue weighted by Gasteiger charge is -2.24. The summed E-state index contributed by atoms with van der Waals surface area (Å²) in [6, 6.07) is 6.83. The molecule has 0 aliphatic carbocycles. The van der Waals surface area contributed by atoms with E-state index in [1.54, 1.807) is 13.8 Å². The smallest absolute Gasteiger partial charge is 0.291 e. The summed E-state index contributed by atoms with van der Waals surface area (Å²) in [5.41, 5.74) is 0.200. The second-order valence-corrected chi connectivity index (χ2v) is 6.06. The maximum absolute atomic E-state index is 13.1. The lowest BCUT2D eigenvalue weighted by molar-refractivity contribution is -0.309. The summed E-state index contributed by atoms with van der Waals surface area (Å²) in [6.07, 6.45) is 2.59. The van der Waals surface area contributed by atoms with Crippen molar-refractivity contribution >= 4 is 23.9 Å². The van der Waals surface area contributed by atoms with Crippen molar-refractivity contribution in [3.63, 3.8) is 0 Å². The molecular formula is C19H18FN2O5-. The number of amides is 2. The molecule has 0 aliphatic rings. The topological polar surface area (TPSA) is 111 Å². The lowest BCUT2D eigenvalue weighted by atomic mass is 10.0. The number of furan rings is 1. The van der Waals surface area contributed by atoms with Crippen molar-refractivity contribution in [2.75, 3.05) is 0 Å². The molecule has 1 aromatic carbocycles. The number of rotatable bonds is 7. The SMILES string of the molecule is CC(C)[C@H](NC(=O)/C(=C/c1ccc(F)cc1)NC(=O)c1ccco1)C(=O)[O-]. The molecule has 0 radical (unpaired) electrons. The number of benzene rings is 1. The molecule has 0 aliphatic heterocycles. The maximum atomic E-state index is 13.1. The van der Waals surface area contributed by atoms with E-state index in [0.717, 1.165) is 0 Å². The molecule has 0 fully saturated rings. The Hall–Kier alpha value is -3.42. The molecule has 8 heteroatoms. The molecule has 27 heavy (non-hydrogen) atoms. The third-order valence-electron chi connectivity index (χ3n) is 3.63. The van der Waals surface area contributed by atoms with Gasteiger partial charge < -0.3 is 25.0 Å². The fourth-order valence-electron chi connectivity index (χ4n) is 2.19. The maximum Gasteiger partial charge on any atom is 0.291 e. The fourth-order valence-corrected chi connectivity index (χ4v) is 2.19. The van der Waals surface area contributed by atoms with Crippen molar-refractivity contribution in [3.8, 4) is 0 Å². The van der Waals surface area contributed by atoms with Crippen molar-refractivity contribution in [1.29, 1.82) is 0 Å². The van der Waals surface area contributed by atoms with Crippen LogP contribution in [0.2, 0.25) is 0 Å². The Labute approximate surface area is 154 Å². The van der Waals surface area contributed by atoms with Crippen LogP contribution in [0.25, 0.3) is 6.08 Å². The van der Waals surface area contributed by atoms with Crippen LogP contribution in [0, 0.1) is 11.7 Å². The van der Waals surface area contributed by atoms with E-state index in [-0.39, 0.29) is 11.5 Å². The van der Waals surface area contributed by atoms with E-state index in [1.807, 2.05) is 0 Å². The minimum Gasteiger partial charge on any atom is -0.548 e. The number of hydrogen-bond donors (Lipinski definition) is 2. The molecule has 2 rings (SSSR count). The van der Waals surface area contributed by atoms with Crippen molar-refractivity contribution in [1.82, 2.24) is 10.6 Å². The van der Waals surface area contributed by atoms with Gasteiger partial charge in [0.05, 0.1) is 18.3 Å². The predicted octanol–water partition coefficient (Wildman–Crippen LogP) is 1.08. The fraction of sp³-hybridized carbons (Fsp3) is 0.211. The van der Waals surface area contributed by atoms with Gasteiger partial charge in [-0.1, -0.05) is 26.0 Å². The van der Waals surface area contributed by atoms with Gasteiger partial charge in [-0.05, 0) is 41.8 Å². The average molecular weight is 373 g/mol. The molecular weight excluding hydrogens is 355 g/mol. The summed E-state index contributed by atoms with van der Waals surface area (Å²) in [5.74, 6) is -3.91. The monoisotopic (exact) mass is 373 g/mol. The molecule has 0 bridgehead atoms. The Kier molecular flexibility index (Phi) is 6.48. The van der Waals surface area contributed by atoms with Gasteiger partial charge in [0.25, 0.3) is 11.8 Å². The molecule has 0 unspecified atom stereocenters. The highest BCUT2D eigenvalue weighted by atomic mass is 19.1. The third-order valence-corrected chi connectivity index (χ3v) is 3.63. The first-order chi connectivity index (χ1) is 12.8. The van der Waals surface area contributed by atoms with Gasteiger partial charge in [-0.3, -0.25) is 9.59 Å². The summed E-state index contributed by atoms with van der Waals surface area (Å²) in [7, 11) is 0. The van der Waals surface area contributed by atoms with Gasteiger partial charge >= 0.3 is 0 Å². The molecule has 2 amide bonds. The van der Waals surface area contributed by atoms with E-state index in [0.29, 0.717) is 5.56 Å². The number of nitrogens with one attached hydrogen (secondary N) is 2. The first kappa shape index (κ1) is 19.9. The molecule has 1 heterocycles. The molecule has 0 saturated carbocycles. The molecule has 0 saturated heterocycles. The average Bonchev–Trinajstić information content (AvgIpc) is 3.14. The zero-order chi connectivity index (χ0) is 20.0. The number of carbonyl (C=O) groups excluding carboxylic acids is 3. The number of carbonyl (C=O) groups is 3. The number of carboxylic acid groups (broad SMARTS) is 1. The number of aliphatic carboxylic acids is 1. The van der Waals surface area contributed by atoms with Gasteiger partial charge in [-0.2, -0.15) is 0 Å². The summed E-state index contributed by atoms with van der Waals surface area (Å²) in [6.45, 7) is 3.21. The van der Waals surface area contributed by atoms with Crippen LogP contribution < -0.4 is 15.7 Å². The number of hydrogen-bond acceptors (Lipinski definition) is 5. The van der Waals surface area contributed by atoms with Crippen LogP contribution in [-0.4, -0.2) is 23.8 Å².